The van der Waals surface area contributed by atoms with Crippen LogP contribution in [0.4, 0.5) is 5.69 Å². The average molecular weight is 323 g/mol. The van der Waals surface area contributed by atoms with Gasteiger partial charge in [0.25, 0.3) is 5.91 Å². The van der Waals surface area contributed by atoms with Crippen LogP contribution in [0.2, 0.25) is 0 Å². The van der Waals surface area contributed by atoms with Crippen molar-refractivity contribution in [3.8, 4) is 11.8 Å². The number of rotatable bonds is 6. The standard InChI is InChI=1S/C18H17N3O3/c1-13(18(22)21-16-8-5-6-14(10-16)11-19)24-20-12-15-7-3-4-9-17(15)23-2/h3-10,12-13H,1-2H3,(H,21,22)/b20-12-/t13-/m1/s1. The zero-order valence-corrected chi connectivity index (χ0v) is 13.4. The summed E-state index contributed by atoms with van der Waals surface area (Å²) in [7, 11) is 1.57. The molecule has 0 aliphatic rings. The van der Waals surface area contributed by atoms with Crippen molar-refractivity contribution in [3.05, 3.63) is 59.7 Å². The number of amides is 1. The number of para-hydroxylation sites is 1. The Kier molecular flexibility index (Phi) is 5.92. The van der Waals surface area contributed by atoms with E-state index in [9.17, 15) is 4.79 Å². The second kappa shape index (κ2) is 8.34. The number of anilines is 1. The predicted molar refractivity (Wildman–Crippen MR) is 90.9 cm³/mol. The van der Waals surface area contributed by atoms with Gasteiger partial charge < -0.3 is 14.9 Å². The largest absolute Gasteiger partial charge is 0.496 e. The van der Waals surface area contributed by atoms with Crippen LogP contribution < -0.4 is 10.1 Å². The third-order valence-corrected chi connectivity index (χ3v) is 3.18. The summed E-state index contributed by atoms with van der Waals surface area (Å²) in [6, 6.07) is 16.0. The molecule has 1 atom stereocenters. The summed E-state index contributed by atoms with van der Waals surface area (Å²) < 4.78 is 5.20. The van der Waals surface area contributed by atoms with Crippen molar-refractivity contribution in [2.24, 2.45) is 5.16 Å². The number of carbonyl (C=O) groups is 1. The monoisotopic (exact) mass is 323 g/mol. The molecular weight excluding hydrogens is 306 g/mol. The van der Waals surface area contributed by atoms with Crippen molar-refractivity contribution in [3.63, 3.8) is 0 Å². The van der Waals surface area contributed by atoms with Crippen molar-refractivity contribution in [1.29, 1.82) is 5.26 Å². The predicted octanol–water partition coefficient (Wildman–Crippen LogP) is 2.94. The fraction of sp³-hybridized carbons (Fsp3) is 0.167. The van der Waals surface area contributed by atoms with E-state index in [-0.39, 0.29) is 5.91 Å². The van der Waals surface area contributed by atoms with Crippen LogP contribution in [0.5, 0.6) is 5.75 Å². The number of carbonyl (C=O) groups excluding carboxylic acids is 1. The number of nitrogens with zero attached hydrogens (tertiary/aromatic N) is 2. The molecule has 1 N–H and O–H groups in total. The van der Waals surface area contributed by atoms with Crippen LogP contribution >= 0.6 is 0 Å². The van der Waals surface area contributed by atoms with Crippen LogP contribution in [-0.4, -0.2) is 25.3 Å². The first-order valence-corrected chi connectivity index (χ1v) is 7.27. The molecule has 0 unspecified atom stereocenters. The Hall–Kier alpha value is -3.33. The number of ether oxygens (including phenoxy) is 1. The van der Waals surface area contributed by atoms with E-state index >= 15 is 0 Å². The molecule has 2 aromatic rings. The molecule has 0 aliphatic carbocycles. The number of hydrogen-bond acceptors (Lipinski definition) is 5. The maximum Gasteiger partial charge on any atom is 0.267 e. The molecule has 6 heteroatoms. The second-order valence-corrected chi connectivity index (χ2v) is 4.91. The summed E-state index contributed by atoms with van der Waals surface area (Å²) in [6.45, 7) is 1.59. The van der Waals surface area contributed by atoms with Crippen LogP contribution in [0.15, 0.2) is 53.7 Å². The van der Waals surface area contributed by atoms with Gasteiger partial charge in [0.1, 0.15) is 5.75 Å². The van der Waals surface area contributed by atoms with Gasteiger partial charge in [-0.25, -0.2) is 0 Å². The topological polar surface area (TPSA) is 83.7 Å². The molecule has 0 radical (unpaired) electrons. The number of nitriles is 1. The molecule has 2 rings (SSSR count). The molecule has 0 spiro atoms. The lowest BCUT2D eigenvalue weighted by Crippen LogP contribution is -2.26. The highest BCUT2D eigenvalue weighted by atomic mass is 16.6. The summed E-state index contributed by atoms with van der Waals surface area (Å²) in [5.74, 6) is 0.303. The fourth-order valence-corrected chi connectivity index (χ4v) is 1.91. The number of nitrogens with one attached hydrogen (secondary N) is 1. The first-order chi connectivity index (χ1) is 11.6. The summed E-state index contributed by atoms with van der Waals surface area (Å²) in [4.78, 5) is 17.2. The van der Waals surface area contributed by atoms with Crippen LogP contribution in [-0.2, 0) is 9.63 Å². The van der Waals surface area contributed by atoms with Gasteiger partial charge in [0.05, 0.1) is 25.0 Å². The van der Waals surface area contributed by atoms with Gasteiger partial charge in [-0.3, -0.25) is 4.79 Å². The highest BCUT2D eigenvalue weighted by Gasteiger charge is 2.14. The van der Waals surface area contributed by atoms with Gasteiger partial charge >= 0.3 is 0 Å². The molecule has 0 aliphatic heterocycles. The van der Waals surface area contributed by atoms with Crippen molar-refractivity contribution < 1.29 is 14.4 Å². The molecule has 0 saturated carbocycles. The maximum atomic E-state index is 12.1. The molecule has 6 nitrogen and oxygen atoms in total. The van der Waals surface area contributed by atoms with Crippen LogP contribution in [0.1, 0.15) is 18.1 Å². The lowest BCUT2D eigenvalue weighted by Gasteiger charge is -2.10. The Morgan fingerprint density at radius 3 is 2.83 bits per heavy atom. The molecule has 0 fully saturated rings. The first kappa shape index (κ1) is 17.0. The zero-order valence-electron chi connectivity index (χ0n) is 13.4. The number of oxime groups is 1. The second-order valence-electron chi connectivity index (χ2n) is 4.91. The molecule has 0 saturated heterocycles. The van der Waals surface area contributed by atoms with Gasteiger partial charge in [-0.1, -0.05) is 23.4 Å². The van der Waals surface area contributed by atoms with E-state index < -0.39 is 6.10 Å². The van der Waals surface area contributed by atoms with Crippen molar-refractivity contribution in [2.75, 3.05) is 12.4 Å². The van der Waals surface area contributed by atoms with Crippen molar-refractivity contribution in [1.82, 2.24) is 0 Å². The fourth-order valence-electron chi connectivity index (χ4n) is 1.91. The Morgan fingerprint density at radius 2 is 2.08 bits per heavy atom. The summed E-state index contributed by atoms with van der Waals surface area (Å²) in [5.41, 5.74) is 1.74. The zero-order chi connectivity index (χ0) is 17.4. The van der Waals surface area contributed by atoms with Gasteiger partial charge in [0, 0.05) is 11.3 Å². The highest BCUT2D eigenvalue weighted by Crippen LogP contribution is 2.15. The van der Waals surface area contributed by atoms with E-state index in [0.29, 0.717) is 17.0 Å². The molecule has 24 heavy (non-hydrogen) atoms. The van der Waals surface area contributed by atoms with E-state index in [1.165, 1.54) is 6.21 Å². The van der Waals surface area contributed by atoms with Crippen molar-refractivity contribution >= 4 is 17.8 Å². The number of methoxy groups -OCH3 is 1. The Balaban J connectivity index is 1.94. The summed E-state index contributed by atoms with van der Waals surface area (Å²) >= 11 is 0. The number of hydrogen-bond donors (Lipinski definition) is 1. The van der Waals surface area contributed by atoms with E-state index in [4.69, 9.17) is 14.8 Å². The van der Waals surface area contributed by atoms with Gasteiger partial charge in [-0.05, 0) is 37.3 Å². The molecule has 2 aromatic carbocycles. The average Bonchev–Trinajstić information content (AvgIpc) is 2.62. The van der Waals surface area contributed by atoms with E-state index in [1.54, 1.807) is 44.4 Å². The lowest BCUT2D eigenvalue weighted by atomic mass is 10.2. The normalized spacial score (nSPS) is 11.5. The summed E-state index contributed by atoms with van der Waals surface area (Å²) in [5, 5.41) is 15.4. The SMILES string of the molecule is COc1ccccc1/C=N\O[C@H](C)C(=O)Nc1cccc(C#N)c1. The molecular formula is C18H17N3O3. The third kappa shape index (κ3) is 4.58. The van der Waals surface area contributed by atoms with E-state index in [2.05, 4.69) is 10.5 Å². The van der Waals surface area contributed by atoms with Gasteiger partial charge in [-0.15, -0.1) is 0 Å². The highest BCUT2D eigenvalue weighted by molar-refractivity contribution is 5.94. The lowest BCUT2D eigenvalue weighted by molar-refractivity contribution is -0.126. The minimum absolute atomic E-state index is 0.359. The number of benzene rings is 2. The Labute approximate surface area is 140 Å². The maximum absolute atomic E-state index is 12.1. The van der Waals surface area contributed by atoms with E-state index in [0.717, 1.165) is 5.56 Å². The summed E-state index contributed by atoms with van der Waals surface area (Å²) in [6.07, 6.45) is 0.695. The van der Waals surface area contributed by atoms with E-state index in [1.807, 2.05) is 24.3 Å². The molecule has 0 bridgehead atoms. The van der Waals surface area contributed by atoms with Crippen LogP contribution in [0.3, 0.4) is 0 Å². The van der Waals surface area contributed by atoms with Crippen molar-refractivity contribution in [2.45, 2.75) is 13.0 Å². The first-order valence-electron chi connectivity index (χ1n) is 7.27. The quantitative estimate of drug-likeness (QED) is 0.654. The Morgan fingerprint density at radius 1 is 1.29 bits per heavy atom. The van der Waals surface area contributed by atoms with Gasteiger partial charge in [-0.2, -0.15) is 5.26 Å². The molecule has 122 valence electrons. The molecule has 1 amide bonds. The molecule has 0 heterocycles. The van der Waals surface area contributed by atoms with Crippen LogP contribution in [0, 0.1) is 11.3 Å². The van der Waals surface area contributed by atoms with Gasteiger partial charge in [0.2, 0.25) is 6.10 Å². The van der Waals surface area contributed by atoms with Gasteiger partial charge in [0.15, 0.2) is 0 Å². The Bertz CT molecular complexity index is 781. The smallest absolute Gasteiger partial charge is 0.267 e. The molecule has 0 aromatic heterocycles. The van der Waals surface area contributed by atoms with Crippen LogP contribution in [0.25, 0.3) is 0 Å². The minimum Gasteiger partial charge on any atom is -0.496 e. The third-order valence-electron chi connectivity index (χ3n) is 3.18. The minimum atomic E-state index is -0.790.